The van der Waals surface area contributed by atoms with Crippen molar-refractivity contribution in [1.82, 2.24) is 0 Å². The third-order valence-corrected chi connectivity index (χ3v) is 1.78. The number of hydrogen-bond acceptors (Lipinski definition) is 1. The number of nitrogens with two attached hydrogens (primary N) is 1. The van der Waals surface area contributed by atoms with Crippen LogP contribution in [0.2, 0.25) is 0 Å². The zero-order chi connectivity index (χ0) is 10.1. The van der Waals surface area contributed by atoms with Crippen LogP contribution in [0.15, 0.2) is 24.3 Å². The van der Waals surface area contributed by atoms with Crippen molar-refractivity contribution in [2.75, 3.05) is 0 Å². The Morgan fingerprint density at radius 2 is 2.00 bits per heavy atom. The third-order valence-electron chi connectivity index (χ3n) is 1.78. The monoisotopic (exact) mass is 189 g/mol. The van der Waals surface area contributed by atoms with Crippen LogP contribution in [0, 0.1) is 5.82 Å². The van der Waals surface area contributed by atoms with Gasteiger partial charge in [-0.1, -0.05) is 12.1 Å². The van der Waals surface area contributed by atoms with E-state index in [4.69, 9.17) is 5.73 Å². The van der Waals surface area contributed by atoms with Crippen molar-refractivity contribution in [1.29, 1.82) is 0 Å². The lowest BCUT2D eigenvalue weighted by Gasteiger charge is -2.20. The van der Waals surface area contributed by atoms with E-state index >= 15 is 0 Å². The van der Waals surface area contributed by atoms with E-state index in [2.05, 4.69) is 0 Å². The van der Waals surface area contributed by atoms with Crippen LogP contribution in [-0.2, 0) is 5.92 Å². The molecule has 1 aromatic carbocycles. The standard InChI is InChI=1S/C9H10F3N/c1-6(13)9(11,12)7-3-2-4-8(10)5-7/h2-6H,13H2,1H3. The molecule has 0 aromatic heterocycles. The summed E-state index contributed by atoms with van der Waals surface area (Å²) in [6.07, 6.45) is 0. The van der Waals surface area contributed by atoms with Crippen molar-refractivity contribution < 1.29 is 13.2 Å². The van der Waals surface area contributed by atoms with E-state index in [1.165, 1.54) is 13.0 Å². The van der Waals surface area contributed by atoms with E-state index in [-0.39, 0.29) is 5.56 Å². The molecule has 1 rings (SSSR count). The lowest BCUT2D eigenvalue weighted by Crippen LogP contribution is -2.35. The molecule has 0 radical (unpaired) electrons. The SMILES string of the molecule is CC(N)C(F)(F)c1cccc(F)c1. The highest BCUT2D eigenvalue weighted by Crippen LogP contribution is 2.30. The minimum absolute atomic E-state index is 0.387. The molecular formula is C9H10F3N. The fourth-order valence-electron chi connectivity index (χ4n) is 0.959. The molecule has 1 unspecified atom stereocenters. The topological polar surface area (TPSA) is 26.0 Å². The van der Waals surface area contributed by atoms with Gasteiger partial charge in [0, 0.05) is 5.56 Å². The van der Waals surface area contributed by atoms with E-state index in [1.807, 2.05) is 0 Å². The predicted molar refractivity (Wildman–Crippen MR) is 43.9 cm³/mol. The first-order valence-corrected chi connectivity index (χ1v) is 3.84. The van der Waals surface area contributed by atoms with Gasteiger partial charge in [-0.25, -0.2) is 4.39 Å². The molecule has 2 N–H and O–H groups in total. The van der Waals surface area contributed by atoms with Crippen molar-refractivity contribution in [3.8, 4) is 0 Å². The van der Waals surface area contributed by atoms with Crippen LogP contribution >= 0.6 is 0 Å². The Bertz CT molecular complexity index is 297. The van der Waals surface area contributed by atoms with Crippen LogP contribution in [0.5, 0.6) is 0 Å². The molecule has 13 heavy (non-hydrogen) atoms. The molecule has 0 aliphatic carbocycles. The summed E-state index contributed by atoms with van der Waals surface area (Å²) in [5.41, 5.74) is 4.69. The van der Waals surface area contributed by atoms with Gasteiger partial charge < -0.3 is 5.73 Å². The van der Waals surface area contributed by atoms with Gasteiger partial charge in [0.2, 0.25) is 0 Å². The Kier molecular flexibility index (Phi) is 2.61. The second-order valence-corrected chi connectivity index (χ2v) is 2.92. The van der Waals surface area contributed by atoms with Crippen LogP contribution in [0.25, 0.3) is 0 Å². The normalized spacial score (nSPS) is 14.2. The van der Waals surface area contributed by atoms with Crippen LogP contribution in [0.4, 0.5) is 13.2 Å². The van der Waals surface area contributed by atoms with Gasteiger partial charge >= 0.3 is 0 Å². The molecule has 0 aliphatic heterocycles. The minimum Gasteiger partial charge on any atom is -0.323 e. The van der Waals surface area contributed by atoms with Gasteiger partial charge in [0.1, 0.15) is 5.82 Å². The third kappa shape index (κ3) is 2.01. The number of rotatable bonds is 2. The summed E-state index contributed by atoms with van der Waals surface area (Å²) in [6.45, 7) is 1.19. The van der Waals surface area contributed by atoms with E-state index in [0.29, 0.717) is 0 Å². The Morgan fingerprint density at radius 3 is 2.46 bits per heavy atom. The molecule has 0 bridgehead atoms. The maximum Gasteiger partial charge on any atom is 0.287 e. The molecular weight excluding hydrogens is 179 g/mol. The minimum atomic E-state index is -3.18. The first-order valence-electron chi connectivity index (χ1n) is 3.84. The summed E-state index contributed by atoms with van der Waals surface area (Å²) >= 11 is 0. The lowest BCUT2D eigenvalue weighted by molar-refractivity contribution is -0.0259. The molecule has 0 aliphatic rings. The quantitative estimate of drug-likeness (QED) is 0.758. The van der Waals surface area contributed by atoms with E-state index < -0.39 is 17.8 Å². The molecule has 0 amide bonds. The van der Waals surface area contributed by atoms with E-state index in [1.54, 1.807) is 0 Å². The van der Waals surface area contributed by atoms with Crippen molar-refractivity contribution >= 4 is 0 Å². The lowest BCUT2D eigenvalue weighted by atomic mass is 10.0. The molecule has 1 atom stereocenters. The Balaban J connectivity index is 3.07. The molecule has 0 saturated heterocycles. The molecule has 0 fully saturated rings. The van der Waals surface area contributed by atoms with Gasteiger partial charge in [-0.3, -0.25) is 0 Å². The first-order chi connectivity index (χ1) is 5.94. The number of halogens is 3. The maximum atomic E-state index is 13.2. The first kappa shape index (κ1) is 10.1. The predicted octanol–water partition coefficient (Wildman–Crippen LogP) is 2.26. The van der Waals surface area contributed by atoms with Crippen LogP contribution in [0.1, 0.15) is 12.5 Å². The van der Waals surface area contributed by atoms with Gasteiger partial charge in [-0.05, 0) is 19.1 Å². The molecule has 72 valence electrons. The molecule has 1 aromatic rings. The number of benzene rings is 1. The van der Waals surface area contributed by atoms with Crippen molar-refractivity contribution in [2.45, 2.75) is 18.9 Å². The van der Waals surface area contributed by atoms with Gasteiger partial charge in [0.15, 0.2) is 0 Å². The summed E-state index contributed by atoms with van der Waals surface area (Å²) in [4.78, 5) is 0. The van der Waals surface area contributed by atoms with Gasteiger partial charge in [-0.15, -0.1) is 0 Å². The summed E-state index contributed by atoms with van der Waals surface area (Å²) < 4.78 is 38.9. The highest BCUT2D eigenvalue weighted by Gasteiger charge is 2.36. The molecule has 4 heteroatoms. The van der Waals surface area contributed by atoms with Crippen molar-refractivity contribution in [3.63, 3.8) is 0 Å². The summed E-state index contributed by atoms with van der Waals surface area (Å²) in [7, 11) is 0. The maximum absolute atomic E-state index is 13.2. The zero-order valence-electron chi connectivity index (χ0n) is 7.10. The average Bonchev–Trinajstić information content (AvgIpc) is 2.04. The fraction of sp³-hybridized carbons (Fsp3) is 0.333. The molecule has 1 nitrogen and oxygen atoms in total. The molecule has 0 spiro atoms. The highest BCUT2D eigenvalue weighted by molar-refractivity contribution is 5.22. The summed E-state index contributed by atoms with van der Waals surface area (Å²) in [6, 6.07) is 2.98. The zero-order valence-corrected chi connectivity index (χ0v) is 7.10. The van der Waals surface area contributed by atoms with E-state index in [9.17, 15) is 13.2 Å². The molecule has 0 saturated carbocycles. The smallest absolute Gasteiger partial charge is 0.287 e. The van der Waals surface area contributed by atoms with Gasteiger partial charge in [0.25, 0.3) is 5.92 Å². The van der Waals surface area contributed by atoms with Crippen molar-refractivity contribution in [2.24, 2.45) is 5.73 Å². The highest BCUT2D eigenvalue weighted by atomic mass is 19.3. The Morgan fingerprint density at radius 1 is 1.38 bits per heavy atom. The van der Waals surface area contributed by atoms with Crippen molar-refractivity contribution in [3.05, 3.63) is 35.6 Å². The van der Waals surface area contributed by atoms with Crippen LogP contribution in [-0.4, -0.2) is 6.04 Å². The summed E-state index contributed by atoms with van der Waals surface area (Å²) in [5, 5.41) is 0. The van der Waals surface area contributed by atoms with E-state index in [0.717, 1.165) is 18.2 Å². The average molecular weight is 189 g/mol. The molecule has 0 heterocycles. The Hall–Kier alpha value is -1.03. The van der Waals surface area contributed by atoms with Gasteiger partial charge in [-0.2, -0.15) is 8.78 Å². The number of alkyl halides is 2. The largest absolute Gasteiger partial charge is 0.323 e. The fourth-order valence-corrected chi connectivity index (χ4v) is 0.959. The van der Waals surface area contributed by atoms with Crippen LogP contribution in [0.3, 0.4) is 0 Å². The summed E-state index contributed by atoms with van der Waals surface area (Å²) in [5.74, 6) is -3.86. The second-order valence-electron chi connectivity index (χ2n) is 2.92. The second kappa shape index (κ2) is 3.38. The number of hydrogen-bond donors (Lipinski definition) is 1. The Labute approximate surface area is 74.4 Å². The van der Waals surface area contributed by atoms with Gasteiger partial charge in [0.05, 0.1) is 6.04 Å². The van der Waals surface area contributed by atoms with Crippen LogP contribution < -0.4 is 5.73 Å².